The number of hydrogen-bond donors (Lipinski definition) is 2. The summed E-state index contributed by atoms with van der Waals surface area (Å²) in [5.41, 5.74) is -1.98. The molecule has 0 radical (unpaired) electrons. The number of rotatable bonds is 5. The van der Waals surface area contributed by atoms with Gasteiger partial charge < -0.3 is 10.4 Å². The van der Waals surface area contributed by atoms with Crippen LogP contribution in [0.5, 0.6) is 0 Å². The average molecular weight is 455 g/mol. The van der Waals surface area contributed by atoms with Crippen molar-refractivity contribution in [3.8, 4) is 0 Å². The third-order valence-corrected chi connectivity index (χ3v) is 10.2. The van der Waals surface area contributed by atoms with Crippen LogP contribution in [-0.2, 0) is 14.8 Å². The van der Waals surface area contributed by atoms with Gasteiger partial charge in [0.15, 0.2) is 0 Å². The summed E-state index contributed by atoms with van der Waals surface area (Å²) in [6, 6.07) is 4.75. The van der Waals surface area contributed by atoms with Crippen LogP contribution in [0.3, 0.4) is 0 Å². The van der Waals surface area contributed by atoms with Gasteiger partial charge in [0.25, 0.3) is 0 Å². The van der Waals surface area contributed by atoms with Crippen molar-refractivity contribution in [2.75, 3.05) is 7.05 Å². The third-order valence-electron chi connectivity index (χ3n) is 7.61. The number of likely N-dealkylation sites (N-methyl/N-ethyl adjacent to an activating group) is 1. The number of aliphatic hydroxyl groups is 1. The smallest absolute Gasteiger partial charge is 0.244 e. The van der Waals surface area contributed by atoms with E-state index in [4.69, 9.17) is 11.6 Å². The summed E-state index contributed by atoms with van der Waals surface area (Å²) < 4.78 is 27.8. The van der Waals surface area contributed by atoms with Crippen LogP contribution in [0.2, 0.25) is 5.02 Å². The molecular formula is C22H31ClN2O4S. The standard InChI is InChI=1S/C22H31ClN2O4S/c1-14-17(23)6-5-7-18(14)30(28,29)25(4)20(2,3)19(26)24-21-9-15-8-16(10-21)12-22(27,11-15)13-21/h5-7,15-16,27H,8-13H2,1-4H3,(H,24,26). The van der Waals surface area contributed by atoms with E-state index < -0.39 is 26.7 Å². The lowest BCUT2D eigenvalue weighted by molar-refractivity contribution is -0.154. The minimum Gasteiger partial charge on any atom is -0.390 e. The van der Waals surface area contributed by atoms with Gasteiger partial charge in [0.2, 0.25) is 15.9 Å². The van der Waals surface area contributed by atoms with Crippen LogP contribution in [0, 0.1) is 18.8 Å². The molecule has 4 saturated carbocycles. The lowest BCUT2D eigenvalue weighted by atomic mass is 9.51. The second-order valence-corrected chi connectivity index (χ2v) is 12.7. The molecule has 1 amide bonds. The summed E-state index contributed by atoms with van der Waals surface area (Å²) in [7, 11) is -2.50. The molecule has 0 saturated heterocycles. The van der Waals surface area contributed by atoms with Crippen molar-refractivity contribution in [2.45, 2.75) is 80.9 Å². The number of amides is 1. The molecule has 30 heavy (non-hydrogen) atoms. The molecule has 166 valence electrons. The maximum Gasteiger partial charge on any atom is 0.244 e. The topological polar surface area (TPSA) is 86.7 Å². The number of carbonyl (C=O) groups is 1. The van der Waals surface area contributed by atoms with Crippen molar-refractivity contribution in [1.82, 2.24) is 9.62 Å². The fourth-order valence-electron chi connectivity index (χ4n) is 6.21. The Morgan fingerprint density at radius 2 is 1.83 bits per heavy atom. The molecule has 2 atom stereocenters. The van der Waals surface area contributed by atoms with Crippen molar-refractivity contribution in [1.29, 1.82) is 0 Å². The van der Waals surface area contributed by atoms with Gasteiger partial charge in [0.1, 0.15) is 5.54 Å². The van der Waals surface area contributed by atoms with Gasteiger partial charge in [0.05, 0.1) is 10.5 Å². The Balaban J connectivity index is 1.59. The summed E-state index contributed by atoms with van der Waals surface area (Å²) >= 11 is 6.13. The lowest BCUT2D eigenvalue weighted by Crippen LogP contribution is -2.68. The van der Waals surface area contributed by atoms with Gasteiger partial charge in [-0.2, -0.15) is 4.31 Å². The van der Waals surface area contributed by atoms with Crippen LogP contribution < -0.4 is 5.32 Å². The van der Waals surface area contributed by atoms with Crippen LogP contribution in [0.4, 0.5) is 0 Å². The highest BCUT2D eigenvalue weighted by molar-refractivity contribution is 7.89. The Bertz CT molecular complexity index is 977. The molecule has 6 nitrogen and oxygen atoms in total. The molecule has 4 fully saturated rings. The highest BCUT2D eigenvalue weighted by Gasteiger charge is 2.58. The maximum atomic E-state index is 13.4. The Labute approximate surface area is 184 Å². The highest BCUT2D eigenvalue weighted by atomic mass is 35.5. The van der Waals surface area contributed by atoms with Gasteiger partial charge in [-0.25, -0.2) is 8.42 Å². The number of carbonyl (C=O) groups excluding carboxylic acids is 1. The predicted octanol–water partition coefficient (Wildman–Crippen LogP) is 3.25. The first-order chi connectivity index (χ1) is 13.8. The van der Waals surface area contributed by atoms with Crippen LogP contribution >= 0.6 is 11.6 Å². The first kappa shape index (κ1) is 22.1. The zero-order chi connectivity index (χ0) is 22.1. The van der Waals surface area contributed by atoms with E-state index in [-0.39, 0.29) is 10.8 Å². The van der Waals surface area contributed by atoms with Gasteiger partial charge in [-0.05, 0) is 88.8 Å². The molecule has 0 spiro atoms. The second-order valence-electron chi connectivity index (χ2n) is 10.3. The van der Waals surface area contributed by atoms with E-state index in [1.54, 1.807) is 32.9 Å². The van der Waals surface area contributed by atoms with Gasteiger partial charge >= 0.3 is 0 Å². The van der Waals surface area contributed by atoms with Gasteiger partial charge in [-0.3, -0.25) is 4.79 Å². The molecular weight excluding hydrogens is 424 g/mol. The fraction of sp³-hybridized carbons (Fsp3) is 0.682. The molecule has 1 aromatic carbocycles. The summed E-state index contributed by atoms with van der Waals surface area (Å²) in [6.07, 6.45) is 5.01. The Morgan fingerprint density at radius 1 is 1.23 bits per heavy atom. The van der Waals surface area contributed by atoms with Crippen molar-refractivity contribution in [3.63, 3.8) is 0 Å². The summed E-state index contributed by atoms with van der Waals surface area (Å²) in [5.74, 6) is 0.518. The van der Waals surface area contributed by atoms with E-state index in [1.807, 2.05) is 0 Å². The van der Waals surface area contributed by atoms with E-state index >= 15 is 0 Å². The average Bonchev–Trinajstić information content (AvgIpc) is 2.60. The predicted molar refractivity (Wildman–Crippen MR) is 116 cm³/mol. The second kappa shape index (κ2) is 6.92. The molecule has 0 aromatic heterocycles. The molecule has 0 aliphatic heterocycles. The molecule has 2 unspecified atom stereocenters. The Kier molecular flexibility index (Phi) is 5.09. The SMILES string of the molecule is Cc1c(Cl)cccc1S(=O)(=O)N(C)C(C)(C)C(=O)NC12CC3CC(CC(O)(C3)C1)C2. The van der Waals surface area contributed by atoms with E-state index in [2.05, 4.69) is 5.32 Å². The monoisotopic (exact) mass is 454 g/mol. The number of halogens is 1. The fourth-order valence-corrected chi connectivity index (χ4v) is 8.17. The Morgan fingerprint density at radius 3 is 2.40 bits per heavy atom. The van der Waals surface area contributed by atoms with Crippen LogP contribution in [0.25, 0.3) is 0 Å². The van der Waals surface area contributed by atoms with E-state index in [0.29, 0.717) is 28.8 Å². The highest BCUT2D eigenvalue weighted by Crippen LogP contribution is 2.57. The molecule has 5 rings (SSSR count). The number of hydrogen-bond acceptors (Lipinski definition) is 4. The molecule has 4 bridgehead atoms. The number of nitrogens with zero attached hydrogens (tertiary/aromatic N) is 1. The molecule has 2 N–H and O–H groups in total. The van der Waals surface area contributed by atoms with Crippen LogP contribution in [-0.4, -0.2) is 47.5 Å². The Hall–Kier alpha value is -1.15. The zero-order valence-corrected chi connectivity index (χ0v) is 19.6. The normalized spacial score (nSPS) is 33.2. The molecule has 4 aliphatic rings. The molecule has 4 aliphatic carbocycles. The van der Waals surface area contributed by atoms with Gasteiger partial charge in [-0.1, -0.05) is 17.7 Å². The van der Waals surface area contributed by atoms with Crippen molar-refractivity contribution < 1.29 is 18.3 Å². The largest absolute Gasteiger partial charge is 0.390 e. The maximum absolute atomic E-state index is 13.4. The first-order valence-corrected chi connectivity index (χ1v) is 12.4. The van der Waals surface area contributed by atoms with Crippen LogP contribution in [0.1, 0.15) is 57.9 Å². The molecule has 0 heterocycles. The zero-order valence-electron chi connectivity index (χ0n) is 18.0. The quantitative estimate of drug-likeness (QED) is 0.715. The van der Waals surface area contributed by atoms with Crippen LogP contribution in [0.15, 0.2) is 23.1 Å². The third kappa shape index (κ3) is 3.48. The minimum atomic E-state index is -3.93. The number of sulfonamides is 1. The van der Waals surface area contributed by atoms with Crippen molar-refractivity contribution in [2.24, 2.45) is 11.8 Å². The number of nitrogens with one attached hydrogen (secondary N) is 1. The van der Waals surface area contributed by atoms with Gasteiger partial charge in [0, 0.05) is 17.6 Å². The summed E-state index contributed by atoms with van der Waals surface area (Å²) in [5, 5.41) is 14.5. The molecule has 8 heteroatoms. The summed E-state index contributed by atoms with van der Waals surface area (Å²) in [4.78, 5) is 13.5. The van der Waals surface area contributed by atoms with E-state index in [9.17, 15) is 18.3 Å². The minimum absolute atomic E-state index is 0.0995. The van der Waals surface area contributed by atoms with E-state index in [0.717, 1.165) is 36.4 Å². The first-order valence-electron chi connectivity index (χ1n) is 10.6. The van der Waals surface area contributed by atoms with E-state index in [1.165, 1.54) is 13.1 Å². The molecule has 1 aromatic rings. The summed E-state index contributed by atoms with van der Waals surface area (Å²) in [6.45, 7) is 4.90. The van der Waals surface area contributed by atoms with Gasteiger partial charge in [-0.15, -0.1) is 0 Å². The van der Waals surface area contributed by atoms with Crippen molar-refractivity contribution >= 4 is 27.5 Å². The van der Waals surface area contributed by atoms with Crippen molar-refractivity contribution in [3.05, 3.63) is 28.8 Å². The number of benzene rings is 1. The lowest BCUT2D eigenvalue weighted by Gasteiger charge is -2.60.